The summed E-state index contributed by atoms with van der Waals surface area (Å²) in [4.78, 5) is 26.7. The molecule has 0 radical (unpaired) electrons. The lowest BCUT2D eigenvalue weighted by atomic mass is 9.83. The molecule has 0 bridgehead atoms. The molecule has 1 atom stereocenters. The third-order valence-corrected chi connectivity index (χ3v) is 6.81. The first-order chi connectivity index (χ1) is 15.5. The molecule has 0 saturated heterocycles. The van der Waals surface area contributed by atoms with Crippen LogP contribution in [0.25, 0.3) is 0 Å². The summed E-state index contributed by atoms with van der Waals surface area (Å²) in [5, 5.41) is 3.51. The molecule has 166 valence electrons. The second-order valence-corrected chi connectivity index (χ2v) is 9.30. The van der Waals surface area contributed by atoms with Gasteiger partial charge in [0.15, 0.2) is 0 Å². The lowest BCUT2D eigenvalue weighted by Gasteiger charge is -2.22. The molecule has 6 heteroatoms. The Labute approximate surface area is 192 Å². The fraction of sp³-hybridized carbons (Fsp3) is 0.308. The molecule has 2 aromatic carbocycles. The van der Waals surface area contributed by atoms with E-state index in [1.54, 1.807) is 24.3 Å². The van der Waals surface area contributed by atoms with Gasteiger partial charge in [0, 0.05) is 10.4 Å². The SMILES string of the molecule is COC(=O)c1c(NC(=O)c2ccc(OC(C)C)cc2)sc2c1CC[C@H](c1ccccc1)C2. The zero-order valence-electron chi connectivity index (χ0n) is 18.5. The lowest BCUT2D eigenvalue weighted by molar-refractivity contribution is 0.0601. The Hall–Kier alpha value is -3.12. The minimum atomic E-state index is -0.406. The van der Waals surface area contributed by atoms with E-state index in [-0.39, 0.29) is 12.0 Å². The van der Waals surface area contributed by atoms with Crippen LogP contribution in [-0.2, 0) is 17.6 Å². The normalized spacial score (nSPS) is 15.2. The summed E-state index contributed by atoms with van der Waals surface area (Å²) in [6, 6.07) is 17.4. The summed E-state index contributed by atoms with van der Waals surface area (Å²) < 4.78 is 10.7. The van der Waals surface area contributed by atoms with Gasteiger partial charge in [-0.1, -0.05) is 30.3 Å². The van der Waals surface area contributed by atoms with Crippen LogP contribution in [0.15, 0.2) is 54.6 Å². The van der Waals surface area contributed by atoms with E-state index in [0.717, 1.165) is 29.7 Å². The Morgan fingerprint density at radius 1 is 1.06 bits per heavy atom. The van der Waals surface area contributed by atoms with Crippen LogP contribution in [0.5, 0.6) is 5.75 Å². The number of rotatable bonds is 6. The predicted molar refractivity (Wildman–Crippen MR) is 127 cm³/mol. The molecule has 0 saturated carbocycles. The van der Waals surface area contributed by atoms with Gasteiger partial charge in [-0.05, 0) is 74.4 Å². The number of ether oxygens (including phenoxy) is 2. The largest absolute Gasteiger partial charge is 0.491 e. The van der Waals surface area contributed by atoms with Crippen molar-refractivity contribution in [3.8, 4) is 5.75 Å². The van der Waals surface area contributed by atoms with Crippen LogP contribution in [0, 0.1) is 0 Å². The first-order valence-electron chi connectivity index (χ1n) is 10.8. The van der Waals surface area contributed by atoms with Crippen LogP contribution >= 0.6 is 11.3 Å². The van der Waals surface area contributed by atoms with Crippen molar-refractivity contribution in [1.82, 2.24) is 0 Å². The first kappa shape index (κ1) is 22.1. The number of nitrogens with one attached hydrogen (secondary N) is 1. The maximum atomic E-state index is 12.9. The van der Waals surface area contributed by atoms with Crippen LogP contribution < -0.4 is 10.1 Å². The number of amides is 1. The molecule has 1 aromatic heterocycles. The molecule has 0 spiro atoms. The Balaban J connectivity index is 1.58. The van der Waals surface area contributed by atoms with Gasteiger partial charge in [0.05, 0.1) is 18.8 Å². The van der Waals surface area contributed by atoms with Gasteiger partial charge >= 0.3 is 5.97 Å². The Morgan fingerprint density at radius 2 is 1.78 bits per heavy atom. The van der Waals surface area contributed by atoms with Crippen LogP contribution in [0.1, 0.15) is 62.9 Å². The smallest absolute Gasteiger partial charge is 0.341 e. The highest BCUT2D eigenvalue weighted by atomic mass is 32.1. The molecular formula is C26H27NO4S. The van der Waals surface area contributed by atoms with Gasteiger partial charge in [-0.15, -0.1) is 11.3 Å². The highest BCUT2D eigenvalue weighted by Crippen LogP contribution is 2.42. The second-order valence-electron chi connectivity index (χ2n) is 8.20. The van der Waals surface area contributed by atoms with Gasteiger partial charge in [-0.3, -0.25) is 4.79 Å². The van der Waals surface area contributed by atoms with Crippen molar-refractivity contribution in [2.45, 2.75) is 45.1 Å². The van der Waals surface area contributed by atoms with Crippen LogP contribution in [-0.4, -0.2) is 25.1 Å². The number of thiophene rings is 1. The summed E-state index contributed by atoms with van der Waals surface area (Å²) in [5.74, 6) is 0.455. The predicted octanol–water partition coefficient (Wildman–Crippen LogP) is 5.85. The minimum Gasteiger partial charge on any atom is -0.491 e. The summed E-state index contributed by atoms with van der Waals surface area (Å²) in [6.07, 6.45) is 2.66. The zero-order valence-corrected chi connectivity index (χ0v) is 19.3. The Bertz CT molecular complexity index is 1100. The third kappa shape index (κ3) is 4.70. The van der Waals surface area contributed by atoms with E-state index in [4.69, 9.17) is 9.47 Å². The van der Waals surface area contributed by atoms with Crippen LogP contribution in [0.2, 0.25) is 0 Å². The lowest BCUT2D eigenvalue weighted by Crippen LogP contribution is -2.16. The summed E-state index contributed by atoms with van der Waals surface area (Å²) in [7, 11) is 1.38. The van der Waals surface area contributed by atoms with Crippen molar-refractivity contribution in [3.05, 3.63) is 81.7 Å². The molecule has 0 aliphatic heterocycles. The monoisotopic (exact) mass is 449 g/mol. The maximum absolute atomic E-state index is 12.9. The van der Waals surface area contributed by atoms with Gasteiger partial charge in [0.1, 0.15) is 10.8 Å². The molecular weight excluding hydrogens is 422 g/mol. The molecule has 3 aromatic rings. The molecule has 1 heterocycles. The Kier molecular flexibility index (Phi) is 6.61. The number of esters is 1. The van der Waals surface area contributed by atoms with E-state index in [2.05, 4.69) is 29.6 Å². The van der Waals surface area contributed by atoms with Gasteiger partial charge < -0.3 is 14.8 Å². The van der Waals surface area contributed by atoms with Crippen molar-refractivity contribution >= 4 is 28.2 Å². The fourth-order valence-electron chi connectivity index (χ4n) is 4.13. The van der Waals surface area contributed by atoms with Crippen molar-refractivity contribution < 1.29 is 19.1 Å². The molecule has 32 heavy (non-hydrogen) atoms. The molecule has 4 rings (SSSR count). The number of hydrogen-bond donors (Lipinski definition) is 1. The summed E-state index contributed by atoms with van der Waals surface area (Å²) >= 11 is 1.48. The average molecular weight is 450 g/mol. The van der Waals surface area contributed by atoms with Gasteiger partial charge in [-0.2, -0.15) is 0 Å². The fourth-order valence-corrected chi connectivity index (χ4v) is 5.44. The first-order valence-corrected chi connectivity index (χ1v) is 11.6. The molecule has 1 N–H and O–H groups in total. The highest BCUT2D eigenvalue weighted by Gasteiger charge is 2.30. The van der Waals surface area contributed by atoms with E-state index in [0.29, 0.717) is 27.8 Å². The molecule has 5 nitrogen and oxygen atoms in total. The maximum Gasteiger partial charge on any atom is 0.341 e. The van der Waals surface area contributed by atoms with Crippen molar-refractivity contribution in [2.24, 2.45) is 0 Å². The van der Waals surface area contributed by atoms with Crippen LogP contribution in [0.3, 0.4) is 0 Å². The quantitative estimate of drug-likeness (QED) is 0.480. The molecule has 1 aliphatic carbocycles. The number of carbonyl (C=O) groups excluding carboxylic acids is 2. The van der Waals surface area contributed by atoms with E-state index < -0.39 is 5.97 Å². The van der Waals surface area contributed by atoms with Gasteiger partial charge in [-0.25, -0.2) is 4.79 Å². The summed E-state index contributed by atoms with van der Waals surface area (Å²) in [6.45, 7) is 3.91. The summed E-state index contributed by atoms with van der Waals surface area (Å²) in [5.41, 5.74) is 3.31. The minimum absolute atomic E-state index is 0.0643. The zero-order chi connectivity index (χ0) is 22.7. The van der Waals surface area contributed by atoms with Crippen molar-refractivity contribution in [1.29, 1.82) is 0 Å². The van der Waals surface area contributed by atoms with Gasteiger partial charge in [0.25, 0.3) is 5.91 Å². The second kappa shape index (κ2) is 9.57. The average Bonchev–Trinajstić information content (AvgIpc) is 3.16. The number of benzene rings is 2. The number of hydrogen-bond acceptors (Lipinski definition) is 5. The van der Waals surface area contributed by atoms with Crippen LogP contribution in [0.4, 0.5) is 5.00 Å². The standard InChI is InChI=1S/C26H27NO4S/c1-16(2)31-20-12-9-18(10-13-20)24(28)27-25-23(26(29)30-3)21-14-11-19(15-22(21)32-25)17-7-5-4-6-8-17/h4-10,12-13,16,19H,11,14-15H2,1-3H3,(H,27,28)/t19-/m0/s1. The van der Waals surface area contributed by atoms with Gasteiger partial charge in [0.2, 0.25) is 0 Å². The number of methoxy groups -OCH3 is 1. The topological polar surface area (TPSA) is 64.6 Å². The molecule has 0 unspecified atom stereocenters. The number of anilines is 1. The molecule has 0 fully saturated rings. The third-order valence-electron chi connectivity index (χ3n) is 5.64. The van der Waals surface area contributed by atoms with E-state index in [9.17, 15) is 9.59 Å². The van der Waals surface area contributed by atoms with E-state index in [1.165, 1.54) is 24.0 Å². The highest BCUT2D eigenvalue weighted by molar-refractivity contribution is 7.17. The van der Waals surface area contributed by atoms with Crippen molar-refractivity contribution in [2.75, 3.05) is 12.4 Å². The number of carbonyl (C=O) groups is 2. The Morgan fingerprint density at radius 3 is 2.44 bits per heavy atom. The molecule has 1 aliphatic rings. The van der Waals surface area contributed by atoms with E-state index in [1.807, 2.05) is 19.9 Å². The van der Waals surface area contributed by atoms with E-state index >= 15 is 0 Å². The molecule has 1 amide bonds. The van der Waals surface area contributed by atoms with Crippen molar-refractivity contribution in [3.63, 3.8) is 0 Å². The number of fused-ring (bicyclic) bond motifs is 1.